The average Bonchev–Trinajstić information content (AvgIpc) is 2.42. The van der Waals surface area contributed by atoms with E-state index in [1.54, 1.807) is 37.6 Å². The molecule has 4 nitrogen and oxygen atoms in total. The fraction of sp³-hybridized carbons (Fsp3) is 0.143. The van der Waals surface area contributed by atoms with E-state index in [9.17, 15) is 14.7 Å². The molecule has 0 saturated heterocycles. The normalized spacial score (nSPS) is 10.6. The van der Waals surface area contributed by atoms with Crippen LogP contribution < -0.4 is 5.56 Å². The molecule has 0 radical (unpaired) electrons. The fourth-order valence-electron chi connectivity index (χ4n) is 1.86. The Morgan fingerprint density at radius 1 is 1.30 bits per heavy atom. The monoisotopic (exact) mass is 309 g/mol. The van der Waals surface area contributed by atoms with Crippen LogP contribution in [0.25, 0.3) is 0 Å². The van der Waals surface area contributed by atoms with Gasteiger partial charge in [-0.25, -0.2) is 0 Å². The van der Waals surface area contributed by atoms with Crippen molar-refractivity contribution in [2.45, 2.75) is 5.03 Å². The lowest BCUT2D eigenvalue weighted by Crippen LogP contribution is -2.20. The highest BCUT2D eigenvalue weighted by molar-refractivity contribution is 7.98. The molecule has 2 aromatic rings. The summed E-state index contributed by atoms with van der Waals surface area (Å²) >= 11 is 7.02. The standard InChI is InChI=1S/C14H12ClNO3S/c1-16-11(18)7-10(17)12(14(16)20-2)13(19)8-3-5-9(15)6-4-8/h3-7,17H,1-2H3. The Kier molecular flexibility index (Phi) is 4.20. The number of pyridine rings is 1. The topological polar surface area (TPSA) is 59.3 Å². The summed E-state index contributed by atoms with van der Waals surface area (Å²) in [6.07, 6.45) is 1.74. The number of hydrogen-bond acceptors (Lipinski definition) is 4. The number of benzene rings is 1. The molecule has 0 atom stereocenters. The summed E-state index contributed by atoms with van der Waals surface area (Å²) in [4.78, 5) is 24.1. The van der Waals surface area contributed by atoms with Crippen molar-refractivity contribution in [1.29, 1.82) is 0 Å². The molecule has 1 aromatic carbocycles. The van der Waals surface area contributed by atoms with Crippen molar-refractivity contribution in [3.8, 4) is 5.75 Å². The average molecular weight is 310 g/mol. The molecule has 0 saturated carbocycles. The highest BCUT2D eigenvalue weighted by atomic mass is 35.5. The Hall–Kier alpha value is -1.72. The van der Waals surface area contributed by atoms with Crippen LogP contribution in [0.15, 0.2) is 40.2 Å². The number of halogens is 1. The maximum Gasteiger partial charge on any atom is 0.254 e. The van der Waals surface area contributed by atoms with Gasteiger partial charge in [0, 0.05) is 23.7 Å². The Labute approximate surface area is 125 Å². The van der Waals surface area contributed by atoms with Crippen LogP contribution in [0.2, 0.25) is 5.02 Å². The highest BCUT2D eigenvalue weighted by Gasteiger charge is 2.21. The van der Waals surface area contributed by atoms with Gasteiger partial charge in [-0.3, -0.25) is 9.59 Å². The summed E-state index contributed by atoms with van der Waals surface area (Å²) in [5.41, 5.74) is 0.167. The van der Waals surface area contributed by atoms with E-state index < -0.39 is 0 Å². The van der Waals surface area contributed by atoms with E-state index in [-0.39, 0.29) is 22.7 Å². The number of ketones is 1. The Balaban J connectivity index is 2.63. The van der Waals surface area contributed by atoms with Crippen LogP contribution in [0, 0.1) is 0 Å². The molecule has 0 amide bonds. The molecular weight excluding hydrogens is 298 g/mol. The van der Waals surface area contributed by atoms with Crippen molar-refractivity contribution in [1.82, 2.24) is 4.57 Å². The molecule has 104 valence electrons. The molecule has 2 rings (SSSR count). The predicted octanol–water partition coefficient (Wildman–Crippen LogP) is 2.70. The third-order valence-corrected chi connectivity index (χ3v) is 4.01. The van der Waals surface area contributed by atoms with Gasteiger partial charge in [-0.15, -0.1) is 11.8 Å². The third kappa shape index (κ3) is 2.59. The SMILES string of the molecule is CSc1c(C(=O)c2ccc(Cl)cc2)c(O)cc(=O)n1C. The molecule has 0 aliphatic heterocycles. The smallest absolute Gasteiger partial charge is 0.254 e. The van der Waals surface area contributed by atoms with Crippen molar-refractivity contribution < 1.29 is 9.90 Å². The lowest BCUT2D eigenvalue weighted by atomic mass is 10.0. The molecule has 0 bridgehead atoms. The van der Waals surface area contributed by atoms with Gasteiger partial charge in [0.1, 0.15) is 5.75 Å². The minimum absolute atomic E-state index is 0.127. The Morgan fingerprint density at radius 3 is 2.45 bits per heavy atom. The van der Waals surface area contributed by atoms with Gasteiger partial charge in [-0.1, -0.05) is 11.6 Å². The molecule has 0 aliphatic carbocycles. The van der Waals surface area contributed by atoms with E-state index in [4.69, 9.17) is 11.6 Å². The largest absolute Gasteiger partial charge is 0.507 e. The zero-order chi connectivity index (χ0) is 14.9. The highest BCUT2D eigenvalue weighted by Crippen LogP contribution is 2.28. The second-order valence-corrected chi connectivity index (χ2v) is 5.38. The van der Waals surface area contributed by atoms with E-state index in [1.165, 1.54) is 16.3 Å². The van der Waals surface area contributed by atoms with E-state index in [0.717, 1.165) is 6.07 Å². The van der Waals surface area contributed by atoms with Crippen molar-refractivity contribution in [3.63, 3.8) is 0 Å². The van der Waals surface area contributed by atoms with Crippen LogP contribution in [-0.2, 0) is 7.05 Å². The Morgan fingerprint density at radius 2 is 1.90 bits per heavy atom. The van der Waals surface area contributed by atoms with Gasteiger partial charge in [0.05, 0.1) is 10.6 Å². The van der Waals surface area contributed by atoms with Crippen molar-refractivity contribution >= 4 is 29.1 Å². The number of carbonyl (C=O) groups excluding carboxylic acids is 1. The first-order valence-corrected chi connectivity index (χ1v) is 7.33. The number of thioether (sulfide) groups is 1. The fourth-order valence-corrected chi connectivity index (χ4v) is 2.75. The van der Waals surface area contributed by atoms with Crippen LogP contribution in [0.3, 0.4) is 0 Å². The maximum atomic E-state index is 12.5. The van der Waals surface area contributed by atoms with Crippen molar-refractivity contribution in [2.24, 2.45) is 7.05 Å². The molecule has 20 heavy (non-hydrogen) atoms. The van der Waals surface area contributed by atoms with Gasteiger partial charge in [0.25, 0.3) is 5.56 Å². The zero-order valence-corrected chi connectivity index (χ0v) is 12.5. The number of hydrogen-bond donors (Lipinski definition) is 1. The Bertz CT molecular complexity index is 722. The van der Waals surface area contributed by atoms with Gasteiger partial charge in [0.15, 0.2) is 5.78 Å². The predicted molar refractivity (Wildman–Crippen MR) is 80.0 cm³/mol. The number of carbonyl (C=O) groups is 1. The number of aromatic nitrogens is 1. The zero-order valence-electron chi connectivity index (χ0n) is 10.9. The molecule has 6 heteroatoms. The van der Waals surface area contributed by atoms with Gasteiger partial charge in [0.2, 0.25) is 0 Å². The van der Waals surface area contributed by atoms with E-state index in [2.05, 4.69) is 0 Å². The van der Waals surface area contributed by atoms with Crippen LogP contribution in [-0.4, -0.2) is 21.7 Å². The summed E-state index contributed by atoms with van der Waals surface area (Å²) in [5, 5.41) is 10.9. The molecule has 0 spiro atoms. The molecule has 1 N–H and O–H groups in total. The summed E-state index contributed by atoms with van der Waals surface area (Å²) in [6, 6.07) is 7.42. The number of rotatable bonds is 3. The molecule has 0 fully saturated rings. The van der Waals surface area contributed by atoms with E-state index in [1.807, 2.05) is 0 Å². The second kappa shape index (κ2) is 5.73. The summed E-state index contributed by atoms with van der Waals surface area (Å²) in [7, 11) is 1.56. The first-order valence-electron chi connectivity index (χ1n) is 5.73. The summed E-state index contributed by atoms with van der Waals surface area (Å²) in [5.74, 6) is -0.656. The van der Waals surface area contributed by atoms with Crippen LogP contribution in [0.5, 0.6) is 5.75 Å². The van der Waals surface area contributed by atoms with E-state index >= 15 is 0 Å². The lowest BCUT2D eigenvalue weighted by Gasteiger charge is -2.12. The number of aromatic hydroxyl groups is 1. The minimum Gasteiger partial charge on any atom is -0.507 e. The first-order chi connectivity index (χ1) is 9.45. The van der Waals surface area contributed by atoms with Crippen LogP contribution >= 0.6 is 23.4 Å². The summed E-state index contributed by atoms with van der Waals surface area (Å²) in [6.45, 7) is 0. The van der Waals surface area contributed by atoms with Crippen LogP contribution in [0.1, 0.15) is 15.9 Å². The first kappa shape index (κ1) is 14.7. The van der Waals surface area contributed by atoms with Crippen molar-refractivity contribution in [3.05, 3.63) is 56.8 Å². The van der Waals surface area contributed by atoms with Gasteiger partial charge < -0.3 is 9.67 Å². The van der Waals surface area contributed by atoms with Gasteiger partial charge >= 0.3 is 0 Å². The molecule has 0 aliphatic rings. The molecular formula is C14H12ClNO3S. The van der Waals surface area contributed by atoms with E-state index in [0.29, 0.717) is 15.6 Å². The lowest BCUT2D eigenvalue weighted by molar-refractivity contribution is 0.103. The van der Waals surface area contributed by atoms with Gasteiger partial charge in [-0.05, 0) is 30.5 Å². The molecule has 1 heterocycles. The quantitative estimate of drug-likeness (QED) is 0.699. The summed E-state index contributed by atoms with van der Waals surface area (Å²) < 4.78 is 1.34. The van der Waals surface area contributed by atoms with Gasteiger partial charge in [-0.2, -0.15) is 0 Å². The molecule has 0 unspecified atom stereocenters. The minimum atomic E-state index is -0.362. The second-order valence-electron chi connectivity index (χ2n) is 4.15. The molecule has 1 aromatic heterocycles. The third-order valence-electron chi connectivity index (χ3n) is 2.89. The number of nitrogens with zero attached hydrogens (tertiary/aromatic N) is 1. The van der Waals surface area contributed by atoms with Crippen molar-refractivity contribution in [2.75, 3.05) is 6.26 Å². The van der Waals surface area contributed by atoms with Crippen LogP contribution in [0.4, 0.5) is 0 Å². The maximum absolute atomic E-state index is 12.5.